The number of aromatic nitrogens is 2. The fraction of sp³-hybridized carbons (Fsp3) is 0.0800. The Hall–Kier alpha value is -4.30. The first-order chi connectivity index (χ1) is 16.5. The number of hydrogen-bond donors (Lipinski definition) is 3. The Morgan fingerprint density at radius 3 is 2.71 bits per heavy atom. The fourth-order valence-corrected chi connectivity index (χ4v) is 3.30. The number of phenols is 1. The molecule has 1 aromatic heterocycles. The summed E-state index contributed by atoms with van der Waals surface area (Å²) in [5.74, 6) is 0.462. The molecule has 172 valence electrons. The van der Waals surface area contributed by atoms with Gasteiger partial charge in [0.05, 0.1) is 19.0 Å². The van der Waals surface area contributed by atoms with Gasteiger partial charge in [-0.25, -0.2) is 5.43 Å². The van der Waals surface area contributed by atoms with E-state index in [1.165, 1.54) is 13.3 Å². The van der Waals surface area contributed by atoms with Crippen molar-refractivity contribution in [3.63, 3.8) is 0 Å². The van der Waals surface area contributed by atoms with Gasteiger partial charge in [0.1, 0.15) is 18.1 Å². The molecule has 3 aromatic carbocycles. The predicted molar refractivity (Wildman–Crippen MR) is 130 cm³/mol. The molecular formula is C25H21ClN4O4. The molecule has 9 heteroatoms. The lowest BCUT2D eigenvalue weighted by Crippen LogP contribution is -2.18. The molecule has 1 heterocycles. The number of hydrazone groups is 1. The van der Waals surface area contributed by atoms with Crippen LogP contribution in [-0.2, 0) is 6.61 Å². The van der Waals surface area contributed by atoms with Crippen LogP contribution in [0.25, 0.3) is 11.3 Å². The molecule has 0 bridgehead atoms. The molecule has 34 heavy (non-hydrogen) atoms. The second-order valence-electron chi connectivity index (χ2n) is 7.17. The number of nitrogens with zero attached hydrogens (tertiary/aromatic N) is 2. The normalized spacial score (nSPS) is 10.9. The van der Waals surface area contributed by atoms with E-state index in [1.807, 2.05) is 48.5 Å². The minimum Gasteiger partial charge on any atom is -0.504 e. The number of phenolic OH excluding ortho intramolecular Hbond substituents is 1. The van der Waals surface area contributed by atoms with Gasteiger partial charge in [-0.2, -0.15) is 10.2 Å². The molecule has 0 fully saturated rings. The standard InChI is InChI=1S/C25H21ClN4O4/c1-33-23-8-4-6-17(24(23)31)14-27-30-25(32)22-13-21(28-29-22)16-9-11-19(12-10-16)34-15-18-5-2-3-7-20(18)26/h2-14,31H,15H2,1H3,(H,28,29)(H,30,32)/b27-14+. The van der Waals surface area contributed by atoms with Crippen LogP contribution in [0.15, 0.2) is 77.9 Å². The molecule has 0 radical (unpaired) electrons. The zero-order valence-corrected chi connectivity index (χ0v) is 18.9. The number of nitrogens with one attached hydrogen (secondary N) is 2. The SMILES string of the molecule is COc1cccc(/C=N/NC(=O)c2cc(-c3ccc(OCc4ccccc4Cl)cc3)n[nH]2)c1O. The maximum Gasteiger partial charge on any atom is 0.289 e. The number of amides is 1. The number of aromatic hydroxyl groups is 1. The summed E-state index contributed by atoms with van der Waals surface area (Å²) in [5, 5.41) is 21.5. The van der Waals surface area contributed by atoms with Gasteiger partial charge in [0.2, 0.25) is 0 Å². The molecule has 0 aliphatic carbocycles. The van der Waals surface area contributed by atoms with Crippen LogP contribution in [0.1, 0.15) is 21.6 Å². The third kappa shape index (κ3) is 5.36. The summed E-state index contributed by atoms with van der Waals surface area (Å²) in [6.45, 7) is 0.361. The quantitative estimate of drug-likeness (QED) is 0.250. The molecule has 0 saturated carbocycles. The molecule has 0 aliphatic rings. The number of halogens is 1. The number of rotatable bonds is 8. The predicted octanol–water partition coefficient (Wildman–Crippen LogP) is 4.79. The van der Waals surface area contributed by atoms with Gasteiger partial charge in [-0.1, -0.05) is 35.9 Å². The topological polar surface area (TPSA) is 109 Å². The van der Waals surface area contributed by atoms with E-state index in [-0.39, 0.29) is 11.4 Å². The Morgan fingerprint density at radius 2 is 1.94 bits per heavy atom. The van der Waals surface area contributed by atoms with E-state index in [0.717, 1.165) is 11.1 Å². The molecule has 0 saturated heterocycles. The molecule has 0 atom stereocenters. The van der Waals surface area contributed by atoms with Gasteiger partial charge >= 0.3 is 0 Å². The first-order valence-electron chi connectivity index (χ1n) is 10.3. The first kappa shape index (κ1) is 22.9. The van der Waals surface area contributed by atoms with Crippen molar-refractivity contribution >= 4 is 23.7 Å². The highest BCUT2D eigenvalue weighted by atomic mass is 35.5. The highest BCUT2D eigenvalue weighted by molar-refractivity contribution is 6.31. The molecule has 0 aliphatic heterocycles. The number of aromatic amines is 1. The summed E-state index contributed by atoms with van der Waals surface area (Å²) in [6, 6.07) is 21.5. The third-order valence-electron chi connectivity index (χ3n) is 4.94. The lowest BCUT2D eigenvalue weighted by molar-refractivity contribution is 0.0950. The number of carbonyl (C=O) groups is 1. The summed E-state index contributed by atoms with van der Waals surface area (Å²) in [4.78, 5) is 12.4. The van der Waals surface area contributed by atoms with E-state index in [2.05, 4.69) is 20.7 Å². The number of para-hydroxylation sites is 1. The maximum atomic E-state index is 12.4. The highest BCUT2D eigenvalue weighted by Gasteiger charge is 2.11. The minimum absolute atomic E-state index is 0.0638. The van der Waals surface area contributed by atoms with Crippen LogP contribution < -0.4 is 14.9 Å². The molecule has 0 unspecified atom stereocenters. The van der Waals surface area contributed by atoms with Crippen LogP contribution in [0, 0.1) is 0 Å². The van der Waals surface area contributed by atoms with Gasteiger partial charge < -0.3 is 14.6 Å². The second-order valence-corrected chi connectivity index (χ2v) is 7.58. The molecule has 3 N–H and O–H groups in total. The smallest absolute Gasteiger partial charge is 0.289 e. The minimum atomic E-state index is -0.475. The summed E-state index contributed by atoms with van der Waals surface area (Å²) in [6.07, 6.45) is 1.33. The van der Waals surface area contributed by atoms with E-state index >= 15 is 0 Å². The highest BCUT2D eigenvalue weighted by Crippen LogP contribution is 2.28. The van der Waals surface area contributed by atoms with Crippen molar-refractivity contribution in [3.8, 4) is 28.5 Å². The Kier molecular flexibility index (Phi) is 7.10. The first-order valence-corrected chi connectivity index (χ1v) is 10.6. The Labute approximate surface area is 200 Å². The van der Waals surface area contributed by atoms with E-state index in [4.69, 9.17) is 21.1 Å². The van der Waals surface area contributed by atoms with Gasteiger partial charge in [-0.3, -0.25) is 9.89 Å². The van der Waals surface area contributed by atoms with Crippen molar-refractivity contribution in [2.75, 3.05) is 7.11 Å². The number of carbonyl (C=O) groups excluding carboxylic acids is 1. The van der Waals surface area contributed by atoms with Crippen LogP contribution in [0.5, 0.6) is 17.2 Å². The van der Waals surface area contributed by atoms with Crippen molar-refractivity contribution in [3.05, 3.63) is 94.6 Å². The Bertz CT molecular complexity index is 1320. The average Bonchev–Trinajstić information content (AvgIpc) is 3.35. The number of H-pyrrole nitrogens is 1. The summed E-state index contributed by atoms with van der Waals surface area (Å²) < 4.78 is 10.8. The fourth-order valence-electron chi connectivity index (χ4n) is 3.11. The molecule has 4 rings (SSSR count). The summed E-state index contributed by atoms with van der Waals surface area (Å²) in [7, 11) is 1.45. The zero-order chi connectivity index (χ0) is 23.9. The summed E-state index contributed by atoms with van der Waals surface area (Å²) in [5.41, 5.74) is 5.35. The average molecular weight is 477 g/mol. The lowest BCUT2D eigenvalue weighted by atomic mass is 10.1. The van der Waals surface area contributed by atoms with Gasteiger partial charge in [-0.05, 0) is 48.5 Å². The molecule has 1 amide bonds. The number of methoxy groups -OCH3 is 1. The maximum absolute atomic E-state index is 12.4. The second kappa shape index (κ2) is 10.5. The van der Waals surface area contributed by atoms with Crippen LogP contribution in [-0.4, -0.2) is 34.5 Å². The Morgan fingerprint density at radius 1 is 1.15 bits per heavy atom. The number of ether oxygens (including phenoxy) is 2. The summed E-state index contributed by atoms with van der Waals surface area (Å²) >= 11 is 6.16. The van der Waals surface area contributed by atoms with Crippen LogP contribution in [0.3, 0.4) is 0 Å². The van der Waals surface area contributed by atoms with Crippen molar-refractivity contribution in [1.29, 1.82) is 0 Å². The van der Waals surface area contributed by atoms with E-state index in [0.29, 0.717) is 34.4 Å². The lowest BCUT2D eigenvalue weighted by Gasteiger charge is -2.08. The van der Waals surface area contributed by atoms with Gasteiger partial charge in [0.25, 0.3) is 5.91 Å². The third-order valence-corrected chi connectivity index (χ3v) is 5.31. The van der Waals surface area contributed by atoms with Crippen molar-refractivity contribution < 1.29 is 19.4 Å². The molecule has 0 spiro atoms. The molecular weight excluding hydrogens is 456 g/mol. The van der Waals surface area contributed by atoms with E-state index in [1.54, 1.807) is 24.3 Å². The van der Waals surface area contributed by atoms with Crippen LogP contribution >= 0.6 is 11.6 Å². The number of hydrogen-bond acceptors (Lipinski definition) is 6. The zero-order valence-electron chi connectivity index (χ0n) is 18.2. The van der Waals surface area contributed by atoms with Gasteiger partial charge in [0, 0.05) is 21.7 Å². The Balaban J connectivity index is 1.36. The van der Waals surface area contributed by atoms with Crippen molar-refractivity contribution in [2.45, 2.75) is 6.61 Å². The molecule has 4 aromatic rings. The van der Waals surface area contributed by atoms with Crippen molar-refractivity contribution in [1.82, 2.24) is 15.6 Å². The number of benzene rings is 3. The van der Waals surface area contributed by atoms with E-state index < -0.39 is 5.91 Å². The van der Waals surface area contributed by atoms with Crippen molar-refractivity contribution in [2.24, 2.45) is 5.10 Å². The van der Waals surface area contributed by atoms with E-state index in [9.17, 15) is 9.90 Å². The van der Waals surface area contributed by atoms with Crippen LogP contribution in [0.2, 0.25) is 5.02 Å². The largest absolute Gasteiger partial charge is 0.504 e. The molecule has 8 nitrogen and oxygen atoms in total. The van der Waals surface area contributed by atoms with Gasteiger partial charge in [-0.15, -0.1) is 0 Å². The van der Waals surface area contributed by atoms with Crippen LogP contribution in [0.4, 0.5) is 0 Å². The van der Waals surface area contributed by atoms with Gasteiger partial charge in [0.15, 0.2) is 11.5 Å². The monoisotopic (exact) mass is 476 g/mol.